The van der Waals surface area contributed by atoms with Gasteiger partial charge in [-0.2, -0.15) is 0 Å². The van der Waals surface area contributed by atoms with Crippen LogP contribution >= 0.6 is 0 Å². The summed E-state index contributed by atoms with van der Waals surface area (Å²) in [5, 5.41) is 21.9. The molecule has 0 aromatic rings. The number of fused-ring (bicyclic) bond motifs is 2. The largest absolute Gasteiger partial charge is 0.458 e. The molecule has 3 aliphatic rings. The van der Waals surface area contributed by atoms with Gasteiger partial charge in [0.2, 0.25) is 0 Å². The van der Waals surface area contributed by atoms with Gasteiger partial charge in [0.1, 0.15) is 12.2 Å². The summed E-state index contributed by atoms with van der Waals surface area (Å²) < 4.78 is 11.3. The van der Waals surface area contributed by atoms with Crippen molar-refractivity contribution in [3.05, 3.63) is 23.8 Å². The molecule has 0 radical (unpaired) electrons. The summed E-state index contributed by atoms with van der Waals surface area (Å²) in [6, 6.07) is 0. The molecule has 144 valence electrons. The van der Waals surface area contributed by atoms with Crippen LogP contribution in [0.4, 0.5) is 0 Å². The van der Waals surface area contributed by atoms with Gasteiger partial charge >= 0.3 is 11.9 Å². The molecule has 0 bridgehead atoms. The Morgan fingerprint density at radius 3 is 2.69 bits per heavy atom. The maximum Gasteiger partial charge on any atom is 0.334 e. The number of carbonyl (C=O) groups is 2. The van der Waals surface area contributed by atoms with Gasteiger partial charge in [-0.15, -0.1) is 0 Å². The molecule has 0 spiro atoms. The first-order valence-corrected chi connectivity index (χ1v) is 9.17. The molecule has 1 saturated heterocycles. The van der Waals surface area contributed by atoms with E-state index in [0.717, 1.165) is 0 Å². The number of allylic oxidation sites excluding steroid dienone is 1. The van der Waals surface area contributed by atoms with Crippen LogP contribution in [0.15, 0.2) is 23.8 Å². The first kappa shape index (κ1) is 19.1. The first-order chi connectivity index (χ1) is 12.0. The molecule has 0 aromatic heterocycles. The van der Waals surface area contributed by atoms with E-state index in [0.29, 0.717) is 24.8 Å². The molecule has 6 heteroatoms. The van der Waals surface area contributed by atoms with Gasteiger partial charge in [-0.25, -0.2) is 9.59 Å². The molecule has 2 N–H and O–H groups in total. The summed E-state index contributed by atoms with van der Waals surface area (Å²) in [5.41, 5.74) is -1.16. The molecule has 3 fully saturated rings. The first-order valence-electron chi connectivity index (χ1n) is 9.17. The number of rotatable bonds is 2. The van der Waals surface area contributed by atoms with Crippen molar-refractivity contribution in [2.45, 2.75) is 70.9 Å². The number of aliphatic hydroxyl groups excluding tert-OH is 1. The summed E-state index contributed by atoms with van der Waals surface area (Å²) >= 11 is 0. The van der Waals surface area contributed by atoms with E-state index in [4.69, 9.17) is 9.47 Å². The smallest absolute Gasteiger partial charge is 0.334 e. The number of aliphatic hydroxyl groups is 2. The van der Waals surface area contributed by atoms with E-state index in [9.17, 15) is 19.8 Å². The van der Waals surface area contributed by atoms with Gasteiger partial charge in [-0.3, -0.25) is 0 Å². The van der Waals surface area contributed by atoms with E-state index in [1.54, 1.807) is 26.8 Å². The van der Waals surface area contributed by atoms with Crippen LogP contribution in [0.2, 0.25) is 0 Å². The fourth-order valence-electron chi connectivity index (χ4n) is 5.17. The van der Waals surface area contributed by atoms with Gasteiger partial charge in [0.15, 0.2) is 0 Å². The molecular formula is C20H28O6. The van der Waals surface area contributed by atoms with Crippen molar-refractivity contribution < 1.29 is 29.3 Å². The van der Waals surface area contributed by atoms with Gasteiger partial charge in [-0.1, -0.05) is 19.6 Å². The van der Waals surface area contributed by atoms with Gasteiger partial charge in [0.25, 0.3) is 0 Å². The van der Waals surface area contributed by atoms with Crippen molar-refractivity contribution in [1.82, 2.24) is 0 Å². The highest BCUT2D eigenvalue weighted by Crippen LogP contribution is 2.59. The second-order valence-corrected chi connectivity index (χ2v) is 8.44. The Kier molecular flexibility index (Phi) is 4.56. The fourth-order valence-corrected chi connectivity index (χ4v) is 5.17. The Labute approximate surface area is 153 Å². The van der Waals surface area contributed by atoms with Crippen molar-refractivity contribution in [2.75, 3.05) is 0 Å². The maximum absolute atomic E-state index is 12.5. The monoisotopic (exact) mass is 364 g/mol. The van der Waals surface area contributed by atoms with Crippen LogP contribution in [-0.2, 0) is 19.1 Å². The summed E-state index contributed by atoms with van der Waals surface area (Å²) in [6.45, 7) is 10.8. The normalized spacial score (nSPS) is 45.6. The summed E-state index contributed by atoms with van der Waals surface area (Å²) in [4.78, 5) is 24.6. The average molecular weight is 364 g/mol. The lowest BCUT2D eigenvalue weighted by atomic mass is 9.50. The van der Waals surface area contributed by atoms with Gasteiger partial charge in [-0.05, 0) is 40.0 Å². The molecule has 6 nitrogen and oxygen atoms in total. The lowest BCUT2D eigenvalue weighted by molar-refractivity contribution is -0.234. The molecule has 3 rings (SSSR count). The Morgan fingerprint density at radius 2 is 2.08 bits per heavy atom. The zero-order valence-electron chi connectivity index (χ0n) is 15.8. The number of carbonyl (C=O) groups excluding carboxylic acids is 2. The lowest BCUT2D eigenvalue weighted by Crippen LogP contribution is -2.65. The predicted octanol–water partition coefficient (Wildman–Crippen LogP) is 1.89. The summed E-state index contributed by atoms with van der Waals surface area (Å²) in [7, 11) is 0. The maximum atomic E-state index is 12.5. The average Bonchev–Trinajstić information content (AvgIpc) is 2.84. The highest BCUT2D eigenvalue weighted by atomic mass is 16.6. The second kappa shape index (κ2) is 6.20. The standard InChI is InChI=1S/C20H28O6/c1-6-10(2)17(22)26-15-14-11(3)18(23)25-12(14)9-19(4)13(21)7-8-20(5,24)16(15)19/h6,12-16,21,24H,3,7-9H2,1-2,4-5H3/b10-6+/t12-,13+,14+,15-,16-,19-,20+/m0/s1. The van der Waals surface area contributed by atoms with Gasteiger partial charge in [0, 0.05) is 22.5 Å². The SMILES string of the molecule is C=C1C(=O)O[C@H]2C[C@@]3(C)[C@H](O)CC[C@@](C)(O)[C@H]3[C@@H](OC(=O)/C(C)=C/C)[C@H]12. The van der Waals surface area contributed by atoms with Crippen molar-refractivity contribution in [2.24, 2.45) is 17.3 Å². The molecule has 2 aliphatic carbocycles. The van der Waals surface area contributed by atoms with Crippen LogP contribution in [0.25, 0.3) is 0 Å². The van der Waals surface area contributed by atoms with Gasteiger partial charge in [0.05, 0.1) is 17.6 Å². The van der Waals surface area contributed by atoms with E-state index in [-0.39, 0.29) is 5.57 Å². The highest BCUT2D eigenvalue weighted by Gasteiger charge is 2.66. The Hall–Kier alpha value is -1.66. The molecule has 1 aliphatic heterocycles. The molecule has 0 unspecified atom stereocenters. The Balaban J connectivity index is 2.08. The van der Waals surface area contributed by atoms with Gasteiger partial charge < -0.3 is 19.7 Å². The number of hydrogen-bond donors (Lipinski definition) is 2. The van der Waals surface area contributed by atoms with Crippen LogP contribution in [0.5, 0.6) is 0 Å². The third-order valence-electron chi connectivity index (χ3n) is 6.71. The molecule has 2 saturated carbocycles. The van der Waals surface area contributed by atoms with Crippen LogP contribution in [0.1, 0.15) is 47.0 Å². The molecular weight excluding hydrogens is 336 g/mol. The van der Waals surface area contributed by atoms with E-state index in [2.05, 4.69) is 6.58 Å². The fraction of sp³-hybridized carbons (Fsp3) is 0.700. The summed E-state index contributed by atoms with van der Waals surface area (Å²) in [5.74, 6) is -2.03. The number of esters is 2. The van der Waals surface area contributed by atoms with E-state index >= 15 is 0 Å². The zero-order chi connectivity index (χ0) is 19.4. The lowest BCUT2D eigenvalue weighted by Gasteiger charge is -2.59. The van der Waals surface area contributed by atoms with Crippen LogP contribution < -0.4 is 0 Å². The van der Waals surface area contributed by atoms with E-state index in [1.165, 1.54) is 0 Å². The molecule has 0 amide bonds. The van der Waals surface area contributed by atoms with Crippen molar-refractivity contribution in [3.63, 3.8) is 0 Å². The second-order valence-electron chi connectivity index (χ2n) is 8.44. The Morgan fingerprint density at radius 1 is 1.42 bits per heavy atom. The molecule has 1 heterocycles. The van der Waals surface area contributed by atoms with Crippen LogP contribution in [-0.4, -0.2) is 46.1 Å². The molecule has 0 aromatic carbocycles. The Bertz CT molecular complexity index is 678. The van der Waals surface area contributed by atoms with Crippen molar-refractivity contribution >= 4 is 11.9 Å². The zero-order valence-corrected chi connectivity index (χ0v) is 15.8. The topological polar surface area (TPSA) is 93.1 Å². The van der Waals surface area contributed by atoms with Crippen LogP contribution in [0, 0.1) is 17.3 Å². The minimum Gasteiger partial charge on any atom is -0.458 e. The summed E-state index contributed by atoms with van der Waals surface area (Å²) in [6.07, 6.45) is 0.922. The third kappa shape index (κ3) is 2.70. The third-order valence-corrected chi connectivity index (χ3v) is 6.71. The van der Waals surface area contributed by atoms with E-state index < -0.39 is 53.1 Å². The van der Waals surface area contributed by atoms with Crippen molar-refractivity contribution in [3.8, 4) is 0 Å². The van der Waals surface area contributed by atoms with Crippen LogP contribution in [0.3, 0.4) is 0 Å². The molecule has 26 heavy (non-hydrogen) atoms. The predicted molar refractivity (Wildman–Crippen MR) is 93.9 cm³/mol. The quantitative estimate of drug-likeness (QED) is 0.574. The molecule has 7 atom stereocenters. The minimum atomic E-state index is -1.14. The number of ether oxygens (including phenoxy) is 2. The van der Waals surface area contributed by atoms with Crippen molar-refractivity contribution in [1.29, 1.82) is 0 Å². The highest BCUT2D eigenvalue weighted by molar-refractivity contribution is 5.91. The number of hydrogen-bond acceptors (Lipinski definition) is 6. The van der Waals surface area contributed by atoms with E-state index in [1.807, 2.05) is 6.92 Å². The minimum absolute atomic E-state index is 0.267.